The number of hydrogen-bond acceptors (Lipinski definition) is 3. The molecule has 1 aromatic heterocycles. The number of halogens is 1. The van der Waals surface area contributed by atoms with Crippen molar-refractivity contribution in [2.75, 3.05) is 0 Å². The van der Waals surface area contributed by atoms with Gasteiger partial charge in [-0.15, -0.1) is 11.3 Å². The third-order valence-electron chi connectivity index (χ3n) is 3.48. The molecule has 0 atom stereocenters. The Labute approximate surface area is 129 Å². The fourth-order valence-electron chi connectivity index (χ4n) is 2.19. The summed E-state index contributed by atoms with van der Waals surface area (Å²) in [6.45, 7) is 3.17. The highest BCUT2D eigenvalue weighted by molar-refractivity contribution is 7.15. The van der Waals surface area contributed by atoms with Crippen molar-refractivity contribution >= 4 is 22.9 Å². The standard InChI is InChI=1S/C16H19ClN2S/c1-2-3-14-15(10-18-13-8-9-13)20-16(19-14)11-4-6-12(17)7-5-11/h4-7,13,18H,2-3,8-10H2,1H3. The lowest BCUT2D eigenvalue weighted by Gasteiger charge is -2.01. The zero-order valence-electron chi connectivity index (χ0n) is 11.7. The van der Waals surface area contributed by atoms with Crippen LogP contribution in [-0.4, -0.2) is 11.0 Å². The molecule has 1 aromatic carbocycles. The fourth-order valence-corrected chi connectivity index (χ4v) is 3.38. The molecule has 1 saturated carbocycles. The first-order valence-electron chi connectivity index (χ1n) is 7.24. The van der Waals surface area contributed by atoms with E-state index >= 15 is 0 Å². The zero-order valence-corrected chi connectivity index (χ0v) is 13.2. The first-order chi connectivity index (χ1) is 9.76. The quantitative estimate of drug-likeness (QED) is 0.839. The van der Waals surface area contributed by atoms with Crippen LogP contribution in [0.1, 0.15) is 36.8 Å². The van der Waals surface area contributed by atoms with Gasteiger partial charge in [-0.25, -0.2) is 4.98 Å². The van der Waals surface area contributed by atoms with Crippen molar-refractivity contribution in [3.8, 4) is 10.6 Å². The van der Waals surface area contributed by atoms with Gasteiger partial charge < -0.3 is 5.32 Å². The van der Waals surface area contributed by atoms with E-state index in [9.17, 15) is 0 Å². The van der Waals surface area contributed by atoms with Crippen LogP contribution >= 0.6 is 22.9 Å². The summed E-state index contributed by atoms with van der Waals surface area (Å²) in [5.74, 6) is 0. The highest BCUT2D eigenvalue weighted by Gasteiger charge is 2.21. The third kappa shape index (κ3) is 3.40. The summed E-state index contributed by atoms with van der Waals surface area (Å²) >= 11 is 7.76. The Balaban J connectivity index is 1.82. The van der Waals surface area contributed by atoms with Crippen molar-refractivity contribution in [1.29, 1.82) is 0 Å². The van der Waals surface area contributed by atoms with Crippen LogP contribution in [0.15, 0.2) is 24.3 Å². The van der Waals surface area contributed by atoms with Gasteiger partial charge in [-0.05, 0) is 31.4 Å². The lowest BCUT2D eigenvalue weighted by Crippen LogP contribution is -2.15. The summed E-state index contributed by atoms with van der Waals surface area (Å²) < 4.78 is 0. The molecule has 0 unspecified atom stereocenters. The molecule has 0 spiro atoms. The van der Waals surface area contributed by atoms with Crippen molar-refractivity contribution in [2.45, 2.75) is 45.2 Å². The topological polar surface area (TPSA) is 24.9 Å². The SMILES string of the molecule is CCCc1nc(-c2ccc(Cl)cc2)sc1CNC1CC1. The van der Waals surface area contributed by atoms with Gasteiger partial charge >= 0.3 is 0 Å². The van der Waals surface area contributed by atoms with E-state index in [-0.39, 0.29) is 0 Å². The van der Waals surface area contributed by atoms with Crippen LogP contribution in [0, 0.1) is 0 Å². The van der Waals surface area contributed by atoms with Gasteiger partial charge in [-0.1, -0.05) is 37.1 Å². The molecule has 0 radical (unpaired) electrons. The molecule has 2 aromatic rings. The van der Waals surface area contributed by atoms with Gasteiger partial charge in [0.25, 0.3) is 0 Å². The second-order valence-electron chi connectivity index (χ2n) is 5.30. The van der Waals surface area contributed by atoms with Crippen molar-refractivity contribution in [1.82, 2.24) is 10.3 Å². The Morgan fingerprint density at radius 1 is 1.30 bits per heavy atom. The van der Waals surface area contributed by atoms with E-state index < -0.39 is 0 Å². The molecule has 0 aliphatic heterocycles. The maximum Gasteiger partial charge on any atom is 0.123 e. The molecule has 1 aliphatic rings. The lowest BCUT2D eigenvalue weighted by atomic mass is 10.2. The Hall–Kier alpha value is -0.900. The first kappa shape index (κ1) is 14.1. The third-order valence-corrected chi connectivity index (χ3v) is 4.88. The molecule has 2 nitrogen and oxygen atoms in total. The van der Waals surface area contributed by atoms with E-state index in [1.165, 1.54) is 23.4 Å². The van der Waals surface area contributed by atoms with E-state index in [0.29, 0.717) is 0 Å². The summed E-state index contributed by atoms with van der Waals surface area (Å²) in [7, 11) is 0. The monoisotopic (exact) mass is 306 g/mol. The van der Waals surface area contributed by atoms with E-state index in [0.717, 1.165) is 41.0 Å². The second kappa shape index (κ2) is 6.25. The number of nitrogens with zero attached hydrogens (tertiary/aromatic N) is 1. The molecule has 106 valence electrons. The average Bonchev–Trinajstić information content (AvgIpc) is 3.19. The predicted molar refractivity (Wildman–Crippen MR) is 86.4 cm³/mol. The van der Waals surface area contributed by atoms with Crippen LogP contribution in [0.5, 0.6) is 0 Å². The Bertz CT molecular complexity index is 573. The number of nitrogens with one attached hydrogen (secondary N) is 1. The van der Waals surface area contributed by atoms with Gasteiger partial charge in [0, 0.05) is 28.0 Å². The van der Waals surface area contributed by atoms with Crippen molar-refractivity contribution in [3.63, 3.8) is 0 Å². The van der Waals surface area contributed by atoms with Crippen molar-refractivity contribution in [3.05, 3.63) is 39.9 Å². The minimum absolute atomic E-state index is 0.741. The number of aromatic nitrogens is 1. The number of thiazole rings is 1. The van der Waals surface area contributed by atoms with Crippen LogP contribution in [0.3, 0.4) is 0 Å². The van der Waals surface area contributed by atoms with Crippen LogP contribution in [-0.2, 0) is 13.0 Å². The van der Waals surface area contributed by atoms with Gasteiger partial charge in [0.15, 0.2) is 0 Å². The fraction of sp³-hybridized carbons (Fsp3) is 0.438. The number of aryl methyl sites for hydroxylation is 1. The van der Waals surface area contributed by atoms with Gasteiger partial charge in [0.05, 0.1) is 5.69 Å². The van der Waals surface area contributed by atoms with Crippen LogP contribution in [0.4, 0.5) is 0 Å². The molecule has 0 amide bonds. The number of hydrogen-bond donors (Lipinski definition) is 1. The molecule has 3 rings (SSSR count). The summed E-state index contributed by atoms with van der Waals surface area (Å²) in [5.41, 5.74) is 2.42. The Morgan fingerprint density at radius 2 is 2.05 bits per heavy atom. The van der Waals surface area contributed by atoms with Gasteiger partial charge in [-0.3, -0.25) is 0 Å². The molecule has 4 heteroatoms. The summed E-state index contributed by atoms with van der Waals surface area (Å²) in [6, 6.07) is 8.70. The van der Waals surface area contributed by atoms with E-state index in [4.69, 9.17) is 16.6 Å². The maximum absolute atomic E-state index is 5.95. The van der Waals surface area contributed by atoms with Crippen LogP contribution in [0.25, 0.3) is 10.6 Å². The van der Waals surface area contributed by atoms with Crippen molar-refractivity contribution < 1.29 is 0 Å². The van der Waals surface area contributed by atoms with Crippen LogP contribution in [0.2, 0.25) is 5.02 Å². The normalized spacial score (nSPS) is 14.7. The van der Waals surface area contributed by atoms with Gasteiger partial charge in [-0.2, -0.15) is 0 Å². The molecule has 1 fully saturated rings. The Morgan fingerprint density at radius 3 is 2.70 bits per heavy atom. The average molecular weight is 307 g/mol. The van der Waals surface area contributed by atoms with E-state index in [1.807, 2.05) is 23.5 Å². The van der Waals surface area contributed by atoms with Crippen LogP contribution < -0.4 is 5.32 Å². The molecule has 20 heavy (non-hydrogen) atoms. The number of benzene rings is 1. The minimum atomic E-state index is 0.741. The minimum Gasteiger partial charge on any atom is -0.309 e. The smallest absolute Gasteiger partial charge is 0.123 e. The number of rotatable bonds is 6. The van der Waals surface area contributed by atoms with Crippen molar-refractivity contribution in [2.24, 2.45) is 0 Å². The highest BCUT2D eigenvalue weighted by atomic mass is 35.5. The largest absolute Gasteiger partial charge is 0.309 e. The Kier molecular flexibility index (Phi) is 4.39. The summed E-state index contributed by atoms with van der Waals surface area (Å²) in [5, 5.41) is 5.48. The highest BCUT2D eigenvalue weighted by Crippen LogP contribution is 2.30. The molecule has 1 aliphatic carbocycles. The summed E-state index contributed by atoms with van der Waals surface area (Å²) in [4.78, 5) is 6.23. The van der Waals surface area contributed by atoms with Gasteiger partial charge in [0.2, 0.25) is 0 Å². The lowest BCUT2D eigenvalue weighted by molar-refractivity contribution is 0.686. The summed E-state index contributed by atoms with van der Waals surface area (Å²) in [6.07, 6.45) is 4.85. The first-order valence-corrected chi connectivity index (χ1v) is 8.43. The second-order valence-corrected chi connectivity index (χ2v) is 6.82. The van der Waals surface area contributed by atoms with E-state index in [1.54, 1.807) is 0 Å². The molecule has 0 saturated heterocycles. The molecule has 0 bridgehead atoms. The molecule has 1 heterocycles. The van der Waals surface area contributed by atoms with Gasteiger partial charge in [0.1, 0.15) is 5.01 Å². The maximum atomic E-state index is 5.95. The molecule has 1 N–H and O–H groups in total. The van der Waals surface area contributed by atoms with E-state index in [2.05, 4.69) is 24.4 Å². The molecular formula is C16H19ClN2S. The molecular weight excluding hydrogens is 288 g/mol. The predicted octanol–water partition coefficient (Wildman–Crippen LogP) is 4.67. The zero-order chi connectivity index (χ0) is 13.9.